The molecule has 5 nitrogen and oxygen atoms in total. The number of morpholine rings is 1. The lowest BCUT2D eigenvalue weighted by Crippen LogP contribution is -2.49. The van der Waals surface area contributed by atoms with Gasteiger partial charge in [-0.05, 0) is 12.1 Å². The Bertz CT molecular complexity index is 406. The van der Waals surface area contributed by atoms with Crippen molar-refractivity contribution in [3.8, 4) is 0 Å². The number of para-hydroxylation sites is 2. The van der Waals surface area contributed by atoms with Crippen LogP contribution in [-0.4, -0.2) is 43.5 Å². The average Bonchev–Trinajstić information content (AvgIpc) is 2.57. The third-order valence-corrected chi connectivity index (χ3v) is 3.55. The third-order valence-electron chi connectivity index (χ3n) is 3.55. The highest BCUT2D eigenvalue weighted by molar-refractivity contribution is 5.69. The second-order valence-electron chi connectivity index (χ2n) is 4.84. The molecule has 1 aromatic carbocycles. The normalized spacial score (nSPS) is 28.7. The summed E-state index contributed by atoms with van der Waals surface area (Å²) < 4.78 is 5.40. The number of hydrogen-bond donors (Lipinski definition) is 3. The Hall–Kier alpha value is -1.30. The van der Waals surface area contributed by atoms with Crippen molar-refractivity contribution in [2.75, 3.05) is 36.9 Å². The molecule has 18 heavy (non-hydrogen) atoms. The van der Waals surface area contributed by atoms with E-state index in [0.717, 1.165) is 44.1 Å². The Morgan fingerprint density at radius 1 is 1.11 bits per heavy atom. The van der Waals surface area contributed by atoms with E-state index < -0.39 is 0 Å². The van der Waals surface area contributed by atoms with Crippen LogP contribution in [0.5, 0.6) is 0 Å². The van der Waals surface area contributed by atoms with E-state index >= 15 is 0 Å². The first-order valence-electron chi connectivity index (χ1n) is 6.52. The summed E-state index contributed by atoms with van der Waals surface area (Å²) in [5, 5.41) is 6.94. The van der Waals surface area contributed by atoms with Crippen molar-refractivity contribution in [3.63, 3.8) is 0 Å². The lowest BCUT2D eigenvalue weighted by Gasteiger charge is -2.35. The van der Waals surface area contributed by atoms with Crippen LogP contribution in [0.2, 0.25) is 0 Å². The van der Waals surface area contributed by atoms with Crippen molar-refractivity contribution < 1.29 is 4.74 Å². The number of ether oxygens (including phenoxy) is 1. The fourth-order valence-electron chi connectivity index (χ4n) is 2.60. The molecule has 0 bridgehead atoms. The van der Waals surface area contributed by atoms with Crippen LogP contribution in [0.4, 0.5) is 11.4 Å². The van der Waals surface area contributed by atoms with Crippen LogP contribution >= 0.6 is 0 Å². The van der Waals surface area contributed by atoms with E-state index in [-0.39, 0.29) is 12.3 Å². The molecule has 0 radical (unpaired) electrons. The van der Waals surface area contributed by atoms with Gasteiger partial charge in [0.15, 0.2) is 0 Å². The largest absolute Gasteiger partial charge is 0.379 e. The van der Waals surface area contributed by atoms with Crippen molar-refractivity contribution in [1.82, 2.24) is 4.90 Å². The van der Waals surface area contributed by atoms with E-state index in [9.17, 15) is 0 Å². The van der Waals surface area contributed by atoms with E-state index in [1.807, 2.05) is 12.1 Å². The zero-order valence-electron chi connectivity index (χ0n) is 10.4. The highest BCUT2D eigenvalue weighted by Gasteiger charge is 2.26. The van der Waals surface area contributed by atoms with Gasteiger partial charge in [-0.15, -0.1) is 0 Å². The highest BCUT2D eigenvalue weighted by Crippen LogP contribution is 2.27. The summed E-state index contributed by atoms with van der Waals surface area (Å²) >= 11 is 0. The van der Waals surface area contributed by atoms with Gasteiger partial charge in [-0.3, -0.25) is 4.90 Å². The van der Waals surface area contributed by atoms with E-state index in [1.54, 1.807) is 0 Å². The van der Waals surface area contributed by atoms with Gasteiger partial charge < -0.3 is 21.1 Å². The number of anilines is 2. The quantitative estimate of drug-likeness (QED) is 0.688. The summed E-state index contributed by atoms with van der Waals surface area (Å²) in [6.07, 6.45) is 1.14. The molecule has 1 aromatic rings. The third kappa shape index (κ3) is 2.43. The second-order valence-corrected chi connectivity index (χ2v) is 4.84. The molecule has 1 fully saturated rings. The molecule has 0 saturated carbocycles. The molecule has 2 heterocycles. The summed E-state index contributed by atoms with van der Waals surface area (Å²) in [7, 11) is 0. The van der Waals surface area contributed by atoms with Gasteiger partial charge in [0.2, 0.25) is 0 Å². The molecular formula is C13H20N4O. The van der Waals surface area contributed by atoms with Crippen molar-refractivity contribution in [2.45, 2.75) is 18.8 Å². The number of nitrogens with zero attached hydrogens (tertiary/aromatic N) is 1. The molecule has 1 saturated heterocycles. The van der Waals surface area contributed by atoms with Crippen molar-refractivity contribution >= 4 is 11.4 Å². The van der Waals surface area contributed by atoms with Gasteiger partial charge >= 0.3 is 0 Å². The summed E-state index contributed by atoms with van der Waals surface area (Å²) in [6, 6.07) is 8.22. The van der Waals surface area contributed by atoms with Crippen LogP contribution < -0.4 is 16.4 Å². The highest BCUT2D eigenvalue weighted by atomic mass is 16.5. The first kappa shape index (κ1) is 11.8. The Balaban J connectivity index is 1.80. The van der Waals surface area contributed by atoms with Gasteiger partial charge in [0.1, 0.15) is 0 Å². The number of hydrogen-bond acceptors (Lipinski definition) is 5. The van der Waals surface area contributed by atoms with Crippen molar-refractivity contribution in [3.05, 3.63) is 24.3 Å². The number of fused-ring (bicyclic) bond motifs is 1. The standard InChI is InChI=1S/C13H20N4O/c14-12-9-13(17-5-7-18-8-6-17)16-11-4-2-1-3-10(11)15-12/h1-4,12-13,15-16H,5-9,14H2. The lowest BCUT2D eigenvalue weighted by molar-refractivity contribution is 0.0200. The van der Waals surface area contributed by atoms with Crippen LogP contribution in [-0.2, 0) is 4.74 Å². The smallest absolute Gasteiger partial charge is 0.0828 e. The van der Waals surface area contributed by atoms with Gasteiger partial charge in [0.25, 0.3) is 0 Å². The molecule has 4 N–H and O–H groups in total. The van der Waals surface area contributed by atoms with E-state index in [2.05, 4.69) is 27.7 Å². The zero-order chi connectivity index (χ0) is 12.4. The first-order chi connectivity index (χ1) is 8.83. The van der Waals surface area contributed by atoms with E-state index in [1.165, 1.54) is 0 Å². The van der Waals surface area contributed by atoms with Gasteiger partial charge in [0, 0.05) is 19.5 Å². The second kappa shape index (κ2) is 5.14. The maximum absolute atomic E-state index is 6.14. The molecule has 2 aliphatic rings. The minimum atomic E-state index is -0.0194. The first-order valence-corrected chi connectivity index (χ1v) is 6.52. The molecule has 0 spiro atoms. The minimum absolute atomic E-state index is 0.0194. The molecule has 2 aliphatic heterocycles. The van der Waals surface area contributed by atoms with Gasteiger partial charge in [-0.2, -0.15) is 0 Å². The van der Waals surface area contributed by atoms with E-state index in [4.69, 9.17) is 10.5 Å². The maximum atomic E-state index is 6.14. The number of nitrogens with one attached hydrogen (secondary N) is 2. The Morgan fingerprint density at radius 2 is 1.78 bits per heavy atom. The number of nitrogens with two attached hydrogens (primary N) is 1. The van der Waals surface area contributed by atoms with Crippen molar-refractivity contribution in [2.24, 2.45) is 5.73 Å². The topological polar surface area (TPSA) is 62.5 Å². The van der Waals surface area contributed by atoms with E-state index in [0.29, 0.717) is 0 Å². The molecule has 2 atom stereocenters. The molecule has 5 heteroatoms. The monoisotopic (exact) mass is 248 g/mol. The Kier molecular flexibility index (Phi) is 3.36. The van der Waals surface area contributed by atoms with Gasteiger partial charge in [-0.1, -0.05) is 12.1 Å². The average molecular weight is 248 g/mol. The van der Waals surface area contributed by atoms with Crippen molar-refractivity contribution in [1.29, 1.82) is 0 Å². The molecule has 0 aromatic heterocycles. The predicted molar refractivity (Wildman–Crippen MR) is 72.5 cm³/mol. The molecule has 2 unspecified atom stereocenters. The minimum Gasteiger partial charge on any atom is -0.379 e. The molecule has 0 aliphatic carbocycles. The molecule has 0 amide bonds. The molecular weight excluding hydrogens is 228 g/mol. The van der Waals surface area contributed by atoms with Gasteiger partial charge in [0.05, 0.1) is 36.9 Å². The van der Waals surface area contributed by atoms with Crippen LogP contribution in [0.15, 0.2) is 24.3 Å². The lowest BCUT2D eigenvalue weighted by atomic mass is 10.2. The summed E-state index contributed by atoms with van der Waals surface area (Å²) in [6.45, 7) is 3.55. The fraction of sp³-hybridized carbons (Fsp3) is 0.538. The van der Waals surface area contributed by atoms with Crippen LogP contribution in [0.3, 0.4) is 0 Å². The molecule has 98 valence electrons. The van der Waals surface area contributed by atoms with Gasteiger partial charge in [-0.25, -0.2) is 0 Å². The fourth-order valence-corrected chi connectivity index (χ4v) is 2.60. The summed E-state index contributed by atoms with van der Waals surface area (Å²) in [4.78, 5) is 2.41. The summed E-state index contributed by atoms with van der Waals surface area (Å²) in [5.41, 5.74) is 8.35. The maximum Gasteiger partial charge on any atom is 0.0828 e. The van der Waals surface area contributed by atoms with Crippen LogP contribution in [0, 0.1) is 0 Å². The summed E-state index contributed by atoms with van der Waals surface area (Å²) in [5.74, 6) is 0. The Labute approximate surface area is 107 Å². The Morgan fingerprint density at radius 3 is 2.50 bits per heavy atom. The predicted octanol–water partition coefficient (Wildman–Crippen LogP) is 0.857. The number of benzene rings is 1. The zero-order valence-corrected chi connectivity index (χ0v) is 10.4. The van der Waals surface area contributed by atoms with Crippen LogP contribution in [0.25, 0.3) is 0 Å². The molecule has 3 rings (SSSR count). The SMILES string of the molecule is NC1CC(N2CCOCC2)Nc2ccccc2N1. The number of rotatable bonds is 1. The van der Waals surface area contributed by atoms with Crippen LogP contribution in [0.1, 0.15) is 6.42 Å².